The second-order valence-corrected chi connectivity index (χ2v) is 5.96. The number of nitrogens with one attached hydrogen (secondary N) is 2. The molecule has 112 valence electrons. The molecule has 0 bridgehead atoms. The fraction of sp³-hybridized carbons (Fsp3) is 0.462. The van der Waals surface area contributed by atoms with Crippen LogP contribution in [-0.4, -0.2) is 41.1 Å². The van der Waals surface area contributed by atoms with E-state index in [2.05, 4.69) is 14.8 Å². The molecule has 0 aliphatic carbocycles. The van der Waals surface area contributed by atoms with Crippen LogP contribution in [0.25, 0.3) is 0 Å². The number of rotatable bonds is 8. The molecular weight excluding hydrogens is 280 g/mol. The minimum atomic E-state index is -3.48. The second-order valence-electron chi connectivity index (χ2n) is 4.16. The molecule has 0 radical (unpaired) electrons. The van der Waals surface area contributed by atoms with Crippen LogP contribution in [-0.2, 0) is 20.5 Å². The number of likely N-dealkylation sites (N-methyl/N-ethyl adjacent to an activating group) is 1. The molecule has 0 aromatic heterocycles. The van der Waals surface area contributed by atoms with Crippen LogP contribution in [0.15, 0.2) is 24.3 Å². The van der Waals surface area contributed by atoms with Crippen LogP contribution in [0.3, 0.4) is 0 Å². The summed E-state index contributed by atoms with van der Waals surface area (Å²) in [6.45, 7) is 3.61. The van der Waals surface area contributed by atoms with Crippen LogP contribution in [0.2, 0.25) is 0 Å². The molecule has 20 heavy (non-hydrogen) atoms. The number of ether oxygens (including phenoxy) is 1. The maximum Gasteiger partial charge on any atom is 0.338 e. The molecule has 0 heterocycles. The van der Waals surface area contributed by atoms with Gasteiger partial charge in [-0.1, -0.05) is 25.1 Å². The fourth-order valence-corrected chi connectivity index (χ4v) is 2.86. The van der Waals surface area contributed by atoms with Crippen molar-refractivity contribution in [1.82, 2.24) is 10.0 Å². The van der Waals surface area contributed by atoms with E-state index in [0.717, 1.165) is 6.54 Å². The molecule has 0 spiro atoms. The summed E-state index contributed by atoms with van der Waals surface area (Å²) in [6, 6.07) is 6.52. The third kappa shape index (κ3) is 5.28. The Morgan fingerprint density at radius 3 is 2.60 bits per heavy atom. The molecule has 6 nitrogen and oxygen atoms in total. The lowest BCUT2D eigenvalue weighted by Gasteiger charge is -2.10. The molecule has 1 aromatic carbocycles. The lowest BCUT2D eigenvalue weighted by atomic mass is 10.1. The van der Waals surface area contributed by atoms with Gasteiger partial charge in [0, 0.05) is 13.1 Å². The third-order valence-electron chi connectivity index (χ3n) is 2.64. The summed E-state index contributed by atoms with van der Waals surface area (Å²) in [5, 5.41) is 3.02. The first-order valence-corrected chi connectivity index (χ1v) is 7.99. The molecule has 0 unspecified atom stereocenters. The molecule has 1 aromatic rings. The Morgan fingerprint density at radius 1 is 1.25 bits per heavy atom. The van der Waals surface area contributed by atoms with Crippen LogP contribution in [0, 0.1) is 0 Å². The van der Waals surface area contributed by atoms with Gasteiger partial charge in [-0.2, -0.15) is 0 Å². The van der Waals surface area contributed by atoms with Gasteiger partial charge in [-0.05, 0) is 18.2 Å². The van der Waals surface area contributed by atoms with Gasteiger partial charge in [0.15, 0.2) is 0 Å². The van der Waals surface area contributed by atoms with Gasteiger partial charge in [0.05, 0.1) is 18.4 Å². The maximum absolute atomic E-state index is 11.9. The van der Waals surface area contributed by atoms with Gasteiger partial charge < -0.3 is 10.1 Å². The molecule has 0 amide bonds. The molecular formula is C13H20N2O4S. The summed E-state index contributed by atoms with van der Waals surface area (Å²) in [6.07, 6.45) is 0. The summed E-state index contributed by atoms with van der Waals surface area (Å²) in [7, 11) is -2.21. The Balaban J connectivity index is 2.74. The van der Waals surface area contributed by atoms with Crippen molar-refractivity contribution < 1.29 is 17.9 Å². The predicted octanol–water partition coefficient (Wildman–Crippen LogP) is 0.502. The lowest BCUT2D eigenvalue weighted by molar-refractivity contribution is 0.0600. The normalized spacial score (nSPS) is 11.3. The first kappa shape index (κ1) is 16.6. The van der Waals surface area contributed by atoms with Crippen molar-refractivity contribution in [3.8, 4) is 0 Å². The van der Waals surface area contributed by atoms with Crippen molar-refractivity contribution in [2.24, 2.45) is 0 Å². The molecule has 7 heteroatoms. The van der Waals surface area contributed by atoms with Gasteiger partial charge in [-0.25, -0.2) is 17.9 Å². The number of sulfonamides is 1. The standard InChI is InChI=1S/C13H20N2O4S/c1-3-14-8-9-15-20(17,18)10-11-6-4-5-7-12(11)13(16)19-2/h4-7,14-15H,3,8-10H2,1-2H3. The van der Waals surface area contributed by atoms with Crippen LogP contribution in [0.5, 0.6) is 0 Å². The van der Waals surface area contributed by atoms with E-state index in [9.17, 15) is 13.2 Å². The maximum atomic E-state index is 11.9. The second kappa shape index (κ2) is 7.98. The van der Waals surface area contributed by atoms with E-state index in [4.69, 9.17) is 0 Å². The molecule has 0 saturated heterocycles. The van der Waals surface area contributed by atoms with Crippen LogP contribution in [0.1, 0.15) is 22.8 Å². The van der Waals surface area contributed by atoms with Gasteiger partial charge in [-0.3, -0.25) is 0 Å². The highest BCUT2D eigenvalue weighted by molar-refractivity contribution is 7.88. The molecule has 0 saturated carbocycles. The van der Waals surface area contributed by atoms with Crippen molar-refractivity contribution in [1.29, 1.82) is 0 Å². The molecule has 0 aliphatic rings. The highest BCUT2D eigenvalue weighted by Gasteiger charge is 2.17. The number of methoxy groups -OCH3 is 1. The minimum Gasteiger partial charge on any atom is -0.465 e. The zero-order chi connectivity index (χ0) is 15.0. The highest BCUT2D eigenvalue weighted by atomic mass is 32.2. The van der Waals surface area contributed by atoms with Gasteiger partial charge >= 0.3 is 5.97 Å². The molecule has 2 N–H and O–H groups in total. The third-order valence-corrected chi connectivity index (χ3v) is 3.98. The zero-order valence-electron chi connectivity index (χ0n) is 11.7. The number of hydrogen-bond donors (Lipinski definition) is 2. The van der Waals surface area contributed by atoms with Crippen molar-refractivity contribution in [2.45, 2.75) is 12.7 Å². The Morgan fingerprint density at radius 2 is 1.95 bits per heavy atom. The van der Waals surface area contributed by atoms with Crippen LogP contribution in [0.4, 0.5) is 0 Å². The van der Waals surface area contributed by atoms with Crippen molar-refractivity contribution in [3.63, 3.8) is 0 Å². The number of carbonyl (C=O) groups excluding carboxylic acids is 1. The van der Waals surface area contributed by atoms with Gasteiger partial charge in [0.25, 0.3) is 0 Å². The molecule has 0 atom stereocenters. The summed E-state index contributed by atoms with van der Waals surface area (Å²) in [5.41, 5.74) is 0.697. The smallest absolute Gasteiger partial charge is 0.338 e. The number of hydrogen-bond acceptors (Lipinski definition) is 5. The lowest BCUT2D eigenvalue weighted by Crippen LogP contribution is -2.32. The van der Waals surface area contributed by atoms with Gasteiger partial charge in [0.2, 0.25) is 10.0 Å². The van der Waals surface area contributed by atoms with E-state index in [0.29, 0.717) is 18.7 Å². The van der Waals surface area contributed by atoms with Crippen LogP contribution < -0.4 is 10.0 Å². The Hall–Kier alpha value is -1.44. The molecule has 0 fully saturated rings. The highest BCUT2D eigenvalue weighted by Crippen LogP contribution is 2.13. The number of benzene rings is 1. The minimum absolute atomic E-state index is 0.246. The van der Waals surface area contributed by atoms with Gasteiger partial charge in [-0.15, -0.1) is 0 Å². The Labute approximate surface area is 119 Å². The Kier molecular flexibility index (Phi) is 6.63. The number of esters is 1. The van der Waals surface area contributed by atoms with E-state index in [1.807, 2.05) is 6.92 Å². The van der Waals surface area contributed by atoms with E-state index in [1.54, 1.807) is 24.3 Å². The van der Waals surface area contributed by atoms with E-state index in [-0.39, 0.29) is 11.3 Å². The van der Waals surface area contributed by atoms with E-state index in [1.165, 1.54) is 7.11 Å². The molecule has 1 rings (SSSR count). The first-order chi connectivity index (χ1) is 9.50. The first-order valence-electron chi connectivity index (χ1n) is 6.34. The summed E-state index contributed by atoms with van der Waals surface area (Å²) < 4.78 is 31.0. The molecule has 0 aliphatic heterocycles. The summed E-state index contributed by atoms with van der Waals surface area (Å²) in [5.74, 6) is -0.784. The monoisotopic (exact) mass is 300 g/mol. The van der Waals surface area contributed by atoms with Crippen molar-refractivity contribution >= 4 is 16.0 Å². The largest absolute Gasteiger partial charge is 0.465 e. The van der Waals surface area contributed by atoms with Gasteiger partial charge in [0.1, 0.15) is 0 Å². The average molecular weight is 300 g/mol. The van der Waals surface area contributed by atoms with E-state index < -0.39 is 16.0 Å². The predicted molar refractivity (Wildman–Crippen MR) is 77.0 cm³/mol. The summed E-state index contributed by atoms with van der Waals surface area (Å²) >= 11 is 0. The SMILES string of the molecule is CCNCCNS(=O)(=O)Cc1ccccc1C(=O)OC. The van der Waals surface area contributed by atoms with E-state index >= 15 is 0 Å². The zero-order valence-corrected chi connectivity index (χ0v) is 12.5. The van der Waals surface area contributed by atoms with Crippen molar-refractivity contribution in [2.75, 3.05) is 26.7 Å². The Bertz CT molecular complexity index is 543. The van der Waals surface area contributed by atoms with Crippen molar-refractivity contribution in [3.05, 3.63) is 35.4 Å². The summed E-state index contributed by atoms with van der Waals surface area (Å²) in [4.78, 5) is 11.6. The quantitative estimate of drug-likeness (QED) is 0.539. The van der Waals surface area contributed by atoms with Crippen LogP contribution >= 0.6 is 0 Å². The average Bonchev–Trinajstić information content (AvgIpc) is 2.43. The fourth-order valence-electron chi connectivity index (χ4n) is 1.68. The topological polar surface area (TPSA) is 84.5 Å². The number of carbonyl (C=O) groups is 1.